The van der Waals surface area contributed by atoms with Crippen LogP contribution in [0.5, 0.6) is 0 Å². The lowest BCUT2D eigenvalue weighted by Crippen LogP contribution is -2.36. The fraction of sp³-hybridized carbons (Fsp3) is 0.700. The molecule has 0 saturated heterocycles. The summed E-state index contributed by atoms with van der Waals surface area (Å²) >= 11 is 0. The Morgan fingerprint density at radius 1 is 1.29 bits per heavy atom. The summed E-state index contributed by atoms with van der Waals surface area (Å²) in [7, 11) is 0. The molecule has 0 rings (SSSR count). The minimum absolute atomic E-state index is 0.548. The summed E-state index contributed by atoms with van der Waals surface area (Å²) in [6, 6.07) is -1.28. The third kappa shape index (κ3) is 8.21. The Hall–Kier alpha value is -1.63. The zero-order valence-corrected chi connectivity index (χ0v) is 10.1. The summed E-state index contributed by atoms with van der Waals surface area (Å²) in [5, 5.41) is 8.38. The van der Waals surface area contributed by atoms with Crippen LogP contribution in [0.25, 0.3) is 0 Å². The average Bonchev–Trinajstić information content (AvgIpc) is 2.10. The zero-order valence-electron chi connectivity index (χ0n) is 10.1. The van der Waals surface area contributed by atoms with E-state index in [0.29, 0.717) is 0 Å². The van der Waals surface area contributed by atoms with E-state index in [1.165, 1.54) is 0 Å². The smallest absolute Gasteiger partial charge is 0.344 e. The Bertz CT molecular complexity index is 306. The molecule has 0 unspecified atom stereocenters. The van der Waals surface area contributed by atoms with Crippen LogP contribution in [0.3, 0.4) is 0 Å². The molecule has 0 radical (unpaired) electrons. The molecule has 0 spiro atoms. The van der Waals surface area contributed by atoms with Crippen molar-refractivity contribution in [2.45, 2.75) is 38.8 Å². The molecular formula is C10H17NO6. The lowest BCUT2D eigenvalue weighted by Gasteiger charge is -2.19. The van der Waals surface area contributed by atoms with E-state index in [4.69, 9.17) is 15.6 Å². The van der Waals surface area contributed by atoms with Gasteiger partial charge in [-0.2, -0.15) is 0 Å². The number of carbonyl (C=O) groups excluding carboxylic acids is 2. The first-order chi connectivity index (χ1) is 7.61. The van der Waals surface area contributed by atoms with Gasteiger partial charge < -0.3 is 20.3 Å². The number of carboxylic acids is 1. The van der Waals surface area contributed by atoms with Crippen LogP contribution in [-0.2, 0) is 23.9 Å². The number of hydrogen-bond donors (Lipinski definition) is 2. The summed E-state index contributed by atoms with van der Waals surface area (Å²) in [5.41, 5.74) is 4.55. The second kappa shape index (κ2) is 6.19. The molecule has 7 nitrogen and oxygen atoms in total. The number of hydrogen-bond acceptors (Lipinski definition) is 6. The molecule has 98 valence electrons. The van der Waals surface area contributed by atoms with Gasteiger partial charge in [0.15, 0.2) is 6.61 Å². The summed E-state index contributed by atoms with van der Waals surface area (Å²) in [6.07, 6.45) is -0.548. The van der Waals surface area contributed by atoms with Gasteiger partial charge >= 0.3 is 17.9 Å². The molecule has 0 aliphatic carbocycles. The lowest BCUT2D eigenvalue weighted by molar-refractivity contribution is -0.167. The highest BCUT2D eigenvalue weighted by Crippen LogP contribution is 2.06. The van der Waals surface area contributed by atoms with Gasteiger partial charge in [0, 0.05) is 0 Å². The number of rotatable bonds is 5. The number of nitrogens with two attached hydrogens (primary N) is 1. The molecule has 0 aromatic heterocycles. The first-order valence-corrected chi connectivity index (χ1v) is 4.97. The lowest BCUT2D eigenvalue weighted by atomic mass is 10.2. The second-order valence-electron chi connectivity index (χ2n) is 4.40. The fourth-order valence-corrected chi connectivity index (χ4v) is 0.880. The molecule has 17 heavy (non-hydrogen) atoms. The predicted octanol–water partition coefficient (Wildman–Crippen LogP) is -0.327. The Morgan fingerprint density at radius 3 is 2.24 bits per heavy atom. The molecule has 0 heterocycles. The van der Waals surface area contributed by atoms with Crippen molar-refractivity contribution < 1.29 is 29.0 Å². The normalized spacial score (nSPS) is 12.7. The van der Waals surface area contributed by atoms with Crippen LogP contribution in [-0.4, -0.2) is 41.3 Å². The van der Waals surface area contributed by atoms with Gasteiger partial charge in [-0.1, -0.05) is 0 Å². The summed E-state index contributed by atoms with van der Waals surface area (Å²) in [4.78, 5) is 32.5. The maximum absolute atomic E-state index is 11.2. The SMILES string of the molecule is CC(C)(C)OC(=O)COC(=O)[C@@H](N)CC(=O)O. The second-order valence-corrected chi connectivity index (χ2v) is 4.40. The minimum atomic E-state index is -1.28. The maximum atomic E-state index is 11.2. The van der Waals surface area contributed by atoms with Crippen LogP contribution >= 0.6 is 0 Å². The Balaban J connectivity index is 4.00. The molecule has 0 fully saturated rings. The van der Waals surface area contributed by atoms with Crippen molar-refractivity contribution in [3.8, 4) is 0 Å². The highest BCUT2D eigenvalue weighted by molar-refractivity contribution is 5.83. The Kier molecular flexibility index (Phi) is 5.60. The summed E-state index contributed by atoms with van der Waals surface area (Å²) in [6.45, 7) is 4.43. The topological polar surface area (TPSA) is 116 Å². The number of carboxylic acid groups (broad SMARTS) is 1. The van der Waals surface area contributed by atoms with Gasteiger partial charge in [-0.25, -0.2) is 4.79 Å². The van der Waals surface area contributed by atoms with Crippen LogP contribution in [0.4, 0.5) is 0 Å². The molecule has 3 N–H and O–H groups in total. The molecule has 1 atom stereocenters. The maximum Gasteiger partial charge on any atom is 0.344 e. The molecular weight excluding hydrogens is 230 g/mol. The third-order valence-corrected chi connectivity index (χ3v) is 1.45. The van der Waals surface area contributed by atoms with E-state index >= 15 is 0 Å². The van der Waals surface area contributed by atoms with Crippen molar-refractivity contribution in [3.63, 3.8) is 0 Å². The first-order valence-electron chi connectivity index (χ1n) is 4.97. The number of carbonyl (C=O) groups is 3. The van der Waals surface area contributed by atoms with E-state index in [1.54, 1.807) is 20.8 Å². The van der Waals surface area contributed by atoms with Crippen LogP contribution < -0.4 is 5.73 Å². The van der Waals surface area contributed by atoms with E-state index in [9.17, 15) is 14.4 Å². The van der Waals surface area contributed by atoms with Crippen LogP contribution in [0, 0.1) is 0 Å². The highest BCUT2D eigenvalue weighted by atomic mass is 16.6. The number of ether oxygens (including phenoxy) is 2. The molecule has 0 amide bonds. The quantitative estimate of drug-likeness (QED) is 0.639. The molecule has 0 aliphatic heterocycles. The van der Waals surface area contributed by atoms with Crippen molar-refractivity contribution >= 4 is 17.9 Å². The van der Waals surface area contributed by atoms with Crippen LogP contribution in [0.2, 0.25) is 0 Å². The molecule has 0 aromatic rings. The van der Waals surface area contributed by atoms with E-state index < -0.39 is 42.6 Å². The largest absolute Gasteiger partial charge is 0.481 e. The monoisotopic (exact) mass is 247 g/mol. The fourth-order valence-electron chi connectivity index (χ4n) is 0.880. The minimum Gasteiger partial charge on any atom is -0.481 e. The van der Waals surface area contributed by atoms with Crippen molar-refractivity contribution in [2.75, 3.05) is 6.61 Å². The van der Waals surface area contributed by atoms with E-state index in [-0.39, 0.29) is 0 Å². The van der Waals surface area contributed by atoms with Gasteiger partial charge in [-0.15, -0.1) is 0 Å². The first kappa shape index (κ1) is 15.4. The summed E-state index contributed by atoms with van der Waals surface area (Å²) < 4.78 is 9.39. The van der Waals surface area contributed by atoms with Gasteiger partial charge in [0.1, 0.15) is 11.6 Å². The molecule has 0 saturated carbocycles. The van der Waals surface area contributed by atoms with E-state index in [1.807, 2.05) is 0 Å². The van der Waals surface area contributed by atoms with Crippen LogP contribution in [0.1, 0.15) is 27.2 Å². The van der Waals surface area contributed by atoms with E-state index in [0.717, 1.165) is 0 Å². The number of aliphatic carboxylic acids is 1. The predicted molar refractivity (Wildman–Crippen MR) is 57.0 cm³/mol. The van der Waals surface area contributed by atoms with Gasteiger partial charge in [0.05, 0.1) is 6.42 Å². The van der Waals surface area contributed by atoms with Crippen molar-refractivity contribution in [2.24, 2.45) is 5.73 Å². The van der Waals surface area contributed by atoms with Crippen molar-refractivity contribution in [3.05, 3.63) is 0 Å². The third-order valence-electron chi connectivity index (χ3n) is 1.45. The highest BCUT2D eigenvalue weighted by Gasteiger charge is 2.21. The van der Waals surface area contributed by atoms with E-state index in [2.05, 4.69) is 4.74 Å². The number of esters is 2. The van der Waals surface area contributed by atoms with Gasteiger partial charge in [0.2, 0.25) is 0 Å². The zero-order chi connectivity index (χ0) is 13.6. The molecule has 0 aromatic carbocycles. The Morgan fingerprint density at radius 2 is 1.82 bits per heavy atom. The summed E-state index contributed by atoms with van der Waals surface area (Å²) in [5.74, 6) is -2.88. The molecule has 7 heteroatoms. The van der Waals surface area contributed by atoms with Crippen molar-refractivity contribution in [1.82, 2.24) is 0 Å². The standard InChI is InChI=1S/C10H17NO6/c1-10(2,3)17-8(14)5-16-9(15)6(11)4-7(12)13/h6H,4-5,11H2,1-3H3,(H,12,13)/t6-/m0/s1. The van der Waals surface area contributed by atoms with Gasteiger partial charge in [0.25, 0.3) is 0 Å². The molecule has 0 bridgehead atoms. The Labute approximate surface area is 98.9 Å². The molecule has 0 aliphatic rings. The van der Waals surface area contributed by atoms with Gasteiger partial charge in [-0.3, -0.25) is 9.59 Å². The van der Waals surface area contributed by atoms with Crippen LogP contribution in [0.15, 0.2) is 0 Å². The van der Waals surface area contributed by atoms with Crippen molar-refractivity contribution in [1.29, 1.82) is 0 Å². The van der Waals surface area contributed by atoms with Gasteiger partial charge in [-0.05, 0) is 20.8 Å². The average molecular weight is 247 g/mol.